The zero-order chi connectivity index (χ0) is 18.1. The van der Waals surface area contributed by atoms with Gasteiger partial charge in [-0.3, -0.25) is 4.79 Å². The van der Waals surface area contributed by atoms with Crippen LogP contribution in [0.3, 0.4) is 0 Å². The number of ketones is 1. The summed E-state index contributed by atoms with van der Waals surface area (Å²) >= 11 is 12.6. The van der Waals surface area contributed by atoms with Crippen LogP contribution in [0.2, 0.25) is 10.0 Å². The molecule has 1 aromatic heterocycles. The first kappa shape index (κ1) is 17.6. The van der Waals surface area contributed by atoms with Crippen LogP contribution < -0.4 is 0 Å². The Morgan fingerprint density at radius 3 is 2.65 bits per heavy atom. The van der Waals surface area contributed by atoms with Crippen LogP contribution in [0.15, 0.2) is 42.5 Å². The van der Waals surface area contributed by atoms with E-state index in [2.05, 4.69) is 10.6 Å². The molecule has 0 radical (unpaired) electrons. The fourth-order valence-corrected chi connectivity index (χ4v) is 4.13. The van der Waals surface area contributed by atoms with Gasteiger partial charge in [-0.25, -0.2) is 4.98 Å². The van der Waals surface area contributed by atoms with Crippen molar-refractivity contribution >= 4 is 40.0 Å². The van der Waals surface area contributed by atoms with E-state index in [1.54, 1.807) is 6.07 Å². The fraction of sp³-hybridized carbons (Fsp3) is 0.333. The van der Waals surface area contributed by atoms with Gasteiger partial charge < -0.3 is 4.57 Å². The van der Waals surface area contributed by atoms with Crippen LogP contribution in [0.4, 0.5) is 0 Å². The highest BCUT2D eigenvalue weighted by Crippen LogP contribution is 2.29. The zero-order valence-corrected chi connectivity index (χ0v) is 15.9. The number of benzene rings is 2. The molecule has 1 aliphatic carbocycles. The van der Waals surface area contributed by atoms with Gasteiger partial charge in [0, 0.05) is 29.3 Å². The number of carbonyl (C=O) groups excluding carboxylic acids is 1. The molecule has 4 rings (SSSR count). The van der Waals surface area contributed by atoms with Crippen molar-refractivity contribution in [3.63, 3.8) is 0 Å². The number of para-hydroxylation sites is 2. The Labute approximate surface area is 162 Å². The maximum absolute atomic E-state index is 11.5. The molecule has 1 heterocycles. The first-order valence-corrected chi connectivity index (χ1v) is 9.75. The van der Waals surface area contributed by atoms with E-state index in [0.717, 1.165) is 41.7 Å². The molecule has 3 nitrogen and oxygen atoms in total. The van der Waals surface area contributed by atoms with Crippen molar-refractivity contribution in [2.75, 3.05) is 0 Å². The summed E-state index contributed by atoms with van der Waals surface area (Å²) in [7, 11) is 0. The second kappa shape index (κ2) is 7.42. The Kier molecular flexibility index (Phi) is 5.01. The van der Waals surface area contributed by atoms with E-state index in [4.69, 9.17) is 28.2 Å². The summed E-state index contributed by atoms with van der Waals surface area (Å²) in [6.07, 6.45) is 4.20. The van der Waals surface area contributed by atoms with E-state index >= 15 is 0 Å². The molecule has 1 fully saturated rings. The molecule has 1 saturated carbocycles. The van der Waals surface area contributed by atoms with Crippen molar-refractivity contribution < 1.29 is 4.79 Å². The number of halogens is 2. The van der Waals surface area contributed by atoms with Crippen LogP contribution in [0.1, 0.15) is 37.1 Å². The molecule has 1 aliphatic rings. The fourth-order valence-electron chi connectivity index (χ4n) is 3.75. The number of imidazole rings is 1. The predicted octanol–water partition coefficient (Wildman–Crippen LogP) is 5.69. The summed E-state index contributed by atoms with van der Waals surface area (Å²) in [6.45, 7) is 0.640. The largest absolute Gasteiger partial charge is 0.323 e. The lowest BCUT2D eigenvalue weighted by molar-refractivity contribution is -0.121. The smallest absolute Gasteiger partial charge is 0.132 e. The highest BCUT2D eigenvalue weighted by Gasteiger charge is 2.22. The Morgan fingerprint density at radius 1 is 1.08 bits per heavy atom. The van der Waals surface area contributed by atoms with E-state index in [1.165, 1.54) is 0 Å². The molecule has 134 valence electrons. The molecule has 0 bridgehead atoms. The minimum atomic E-state index is 0.389. The molecule has 5 heteroatoms. The molecule has 0 saturated heterocycles. The summed E-state index contributed by atoms with van der Waals surface area (Å²) in [5, 5.41) is 1.39. The molecule has 0 atom stereocenters. The third-order valence-electron chi connectivity index (χ3n) is 5.20. The summed E-state index contributed by atoms with van der Waals surface area (Å²) in [6, 6.07) is 13.7. The van der Waals surface area contributed by atoms with Gasteiger partial charge in [-0.2, -0.15) is 0 Å². The van der Waals surface area contributed by atoms with Gasteiger partial charge in [-0.1, -0.05) is 35.3 Å². The highest BCUT2D eigenvalue weighted by atomic mass is 35.5. The van der Waals surface area contributed by atoms with Crippen LogP contribution in [0.25, 0.3) is 11.0 Å². The van der Waals surface area contributed by atoms with Gasteiger partial charge in [0.05, 0.1) is 17.6 Å². The quantitative estimate of drug-likeness (QED) is 0.576. The Balaban J connectivity index is 1.69. The van der Waals surface area contributed by atoms with Gasteiger partial charge in [0.1, 0.15) is 11.6 Å². The van der Waals surface area contributed by atoms with Crippen molar-refractivity contribution in [2.45, 2.75) is 38.6 Å². The topological polar surface area (TPSA) is 34.9 Å². The minimum Gasteiger partial charge on any atom is -0.323 e. The van der Waals surface area contributed by atoms with Gasteiger partial charge >= 0.3 is 0 Å². The third kappa shape index (κ3) is 3.65. The number of hydrogen-bond acceptors (Lipinski definition) is 2. The van der Waals surface area contributed by atoms with E-state index in [0.29, 0.717) is 41.1 Å². The summed E-state index contributed by atoms with van der Waals surface area (Å²) < 4.78 is 2.24. The van der Waals surface area contributed by atoms with Crippen LogP contribution in [0, 0.1) is 5.92 Å². The lowest BCUT2D eigenvalue weighted by atomic mass is 9.86. The highest BCUT2D eigenvalue weighted by molar-refractivity contribution is 6.33. The standard InChI is InChI=1S/C21H20Cl2N2O/c22-16-7-10-18(23)15(12-16)13-25-20-4-2-1-3-19(20)24-21(25)11-14-5-8-17(26)9-6-14/h1-4,7,10,12,14H,5-6,8-9,11,13H2. The molecular weight excluding hydrogens is 367 g/mol. The number of carbonyl (C=O) groups is 1. The van der Waals surface area contributed by atoms with Crippen molar-refractivity contribution in [1.82, 2.24) is 9.55 Å². The van der Waals surface area contributed by atoms with E-state index in [1.807, 2.05) is 30.3 Å². The third-order valence-corrected chi connectivity index (χ3v) is 5.81. The van der Waals surface area contributed by atoms with Crippen LogP contribution in [-0.4, -0.2) is 15.3 Å². The number of Topliss-reactive ketones (excluding diaryl/α,β-unsaturated/α-hetero) is 1. The Bertz CT molecular complexity index is 954. The van der Waals surface area contributed by atoms with Crippen LogP contribution in [-0.2, 0) is 17.8 Å². The number of hydrogen-bond donors (Lipinski definition) is 0. The van der Waals surface area contributed by atoms with E-state index < -0.39 is 0 Å². The van der Waals surface area contributed by atoms with E-state index in [9.17, 15) is 4.79 Å². The lowest BCUT2D eigenvalue weighted by Crippen LogP contribution is -2.18. The SMILES string of the molecule is O=C1CCC(Cc2nc3ccccc3n2Cc2cc(Cl)ccc2Cl)CC1. The average Bonchev–Trinajstić information content (AvgIpc) is 2.97. The second-order valence-corrected chi connectivity index (χ2v) is 7.87. The average molecular weight is 387 g/mol. The Hall–Kier alpha value is -1.84. The second-order valence-electron chi connectivity index (χ2n) is 7.02. The van der Waals surface area contributed by atoms with Gasteiger partial charge in [-0.05, 0) is 54.7 Å². The molecular formula is C21H20Cl2N2O. The van der Waals surface area contributed by atoms with Crippen molar-refractivity contribution in [1.29, 1.82) is 0 Å². The maximum Gasteiger partial charge on any atom is 0.132 e. The van der Waals surface area contributed by atoms with Gasteiger partial charge in [0.15, 0.2) is 0 Å². The first-order chi connectivity index (χ1) is 12.6. The molecule has 0 amide bonds. The molecule has 0 spiro atoms. The summed E-state index contributed by atoms with van der Waals surface area (Å²) in [5.74, 6) is 1.96. The molecule has 0 N–H and O–H groups in total. The van der Waals surface area contributed by atoms with Gasteiger partial charge in [0.2, 0.25) is 0 Å². The van der Waals surface area contributed by atoms with Gasteiger partial charge in [0.25, 0.3) is 0 Å². The maximum atomic E-state index is 11.5. The molecule has 0 unspecified atom stereocenters. The minimum absolute atomic E-state index is 0.389. The number of rotatable bonds is 4. The molecule has 0 aliphatic heterocycles. The van der Waals surface area contributed by atoms with Crippen LogP contribution >= 0.6 is 23.2 Å². The molecule has 26 heavy (non-hydrogen) atoms. The van der Waals surface area contributed by atoms with E-state index in [-0.39, 0.29) is 0 Å². The van der Waals surface area contributed by atoms with Crippen LogP contribution in [0.5, 0.6) is 0 Å². The number of fused-ring (bicyclic) bond motifs is 1. The van der Waals surface area contributed by atoms with Crippen molar-refractivity contribution in [3.8, 4) is 0 Å². The van der Waals surface area contributed by atoms with Crippen molar-refractivity contribution in [2.24, 2.45) is 5.92 Å². The number of aromatic nitrogens is 2. The first-order valence-electron chi connectivity index (χ1n) is 9.00. The predicted molar refractivity (Wildman–Crippen MR) is 106 cm³/mol. The Morgan fingerprint density at radius 2 is 1.85 bits per heavy atom. The molecule has 3 aromatic rings. The zero-order valence-electron chi connectivity index (χ0n) is 14.4. The van der Waals surface area contributed by atoms with Gasteiger partial charge in [-0.15, -0.1) is 0 Å². The lowest BCUT2D eigenvalue weighted by Gasteiger charge is -2.21. The summed E-state index contributed by atoms with van der Waals surface area (Å²) in [5.41, 5.74) is 3.08. The van der Waals surface area contributed by atoms with Crippen molar-refractivity contribution in [3.05, 3.63) is 63.9 Å². The number of nitrogens with zero attached hydrogens (tertiary/aromatic N) is 2. The summed E-state index contributed by atoms with van der Waals surface area (Å²) in [4.78, 5) is 16.4. The molecule has 2 aromatic carbocycles. The normalized spacial score (nSPS) is 15.7. The monoisotopic (exact) mass is 386 g/mol.